The molecule has 1 aromatic heterocycles. The van der Waals surface area contributed by atoms with Crippen molar-refractivity contribution in [3.8, 4) is 5.75 Å². The molecule has 2 aromatic carbocycles. The fourth-order valence-corrected chi connectivity index (χ4v) is 4.23. The van der Waals surface area contributed by atoms with Crippen molar-refractivity contribution in [1.29, 1.82) is 0 Å². The molecule has 0 radical (unpaired) electrons. The van der Waals surface area contributed by atoms with Gasteiger partial charge in [-0.3, -0.25) is 14.6 Å². The monoisotopic (exact) mass is 516 g/mol. The molecule has 1 saturated heterocycles. The van der Waals surface area contributed by atoms with Crippen LogP contribution in [0.5, 0.6) is 5.75 Å². The van der Waals surface area contributed by atoms with E-state index < -0.39 is 35.2 Å². The second kappa shape index (κ2) is 10.0. The molecule has 6 nitrogen and oxygen atoms in total. The number of rotatable bonds is 6. The number of aromatic nitrogens is 1. The third kappa shape index (κ3) is 4.92. The maximum Gasteiger partial charge on any atom is 0.416 e. The molecule has 36 heavy (non-hydrogen) atoms. The maximum absolute atomic E-state index is 13.2. The molecule has 3 aromatic rings. The van der Waals surface area contributed by atoms with Gasteiger partial charge in [0.25, 0.3) is 11.7 Å². The van der Waals surface area contributed by atoms with Crippen molar-refractivity contribution in [3.05, 3.63) is 99.8 Å². The Bertz CT molecular complexity index is 1340. The number of nitrogens with zero attached hydrogens (tertiary/aromatic N) is 2. The molecule has 1 aliphatic heterocycles. The Morgan fingerprint density at radius 2 is 1.89 bits per heavy atom. The molecule has 0 saturated carbocycles. The molecule has 2 heterocycles. The summed E-state index contributed by atoms with van der Waals surface area (Å²) in [7, 11) is 0. The number of alkyl halides is 3. The summed E-state index contributed by atoms with van der Waals surface area (Å²) in [6.45, 7) is 1.80. The third-order valence-corrected chi connectivity index (χ3v) is 5.95. The lowest BCUT2D eigenvalue weighted by Gasteiger charge is -2.25. The van der Waals surface area contributed by atoms with E-state index in [9.17, 15) is 27.9 Å². The number of halogens is 4. The lowest BCUT2D eigenvalue weighted by atomic mass is 9.98. The van der Waals surface area contributed by atoms with Crippen molar-refractivity contribution in [2.75, 3.05) is 6.61 Å². The fraction of sp³-hybridized carbons (Fsp3) is 0.192. The molecule has 1 amide bonds. The van der Waals surface area contributed by atoms with Gasteiger partial charge < -0.3 is 14.7 Å². The second-order valence-electron chi connectivity index (χ2n) is 7.95. The molecule has 1 fully saturated rings. The number of Topliss-reactive ketones (excluding diaryl/α,β-unsaturated/α-hetero) is 1. The van der Waals surface area contributed by atoms with Crippen molar-refractivity contribution < 1.29 is 32.6 Å². The normalized spacial score (nSPS) is 17.5. The van der Waals surface area contributed by atoms with Gasteiger partial charge in [-0.15, -0.1) is 0 Å². The van der Waals surface area contributed by atoms with Gasteiger partial charge in [-0.05, 0) is 55.0 Å². The highest BCUT2D eigenvalue weighted by Crippen LogP contribution is 2.41. The first-order chi connectivity index (χ1) is 17.1. The smallest absolute Gasteiger partial charge is 0.416 e. The molecular weight excluding hydrogens is 497 g/mol. The highest BCUT2D eigenvalue weighted by molar-refractivity contribution is 6.46. The van der Waals surface area contributed by atoms with Gasteiger partial charge in [0.1, 0.15) is 17.6 Å². The lowest BCUT2D eigenvalue weighted by molar-refractivity contribution is -0.140. The Morgan fingerprint density at radius 1 is 1.11 bits per heavy atom. The van der Waals surface area contributed by atoms with E-state index in [1.807, 2.05) is 0 Å². The molecule has 186 valence electrons. The number of pyridine rings is 1. The number of carbonyl (C=O) groups excluding carboxylic acids is 2. The van der Waals surface area contributed by atoms with Gasteiger partial charge in [-0.1, -0.05) is 29.8 Å². The Balaban J connectivity index is 1.85. The van der Waals surface area contributed by atoms with Crippen LogP contribution in [-0.4, -0.2) is 33.3 Å². The first kappa shape index (κ1) is 25.2. The highest BCUT2D eigenvalue weighted by Gasteiger charge is 2.47. The summed E-state index contributed by atoms with van der Waals surface area (Å²) in [4.78, 5) is 31.6. The molecule has 0 bridgehead atoms. The van der Waals surface area contributed by atoms with Crippen LogP contribution in [0.2, 0.25) is 5.02 Å². The SMILES string of the molecule is CCOc1ccc(Cl)c(/C(O)=C2\C(=O)C(=O)N(Cc3cccc(C(F)(F)F)c3)C2c2ccccn2)c1. The topological polar surface area (TPSA) is 79.7 Å². The van der Waals surface area contributed by atoms with Crippen LogP contribution in [0.25, 0.3) is 5.76 Å². The molecule has 10 heteroatoms. The first-order valence-electron chi connectivity index (χ1n) is 10.9. The minimum Gasteiger partial charge on any atom is -0.507 e. The van der Waals surface area contributed by atoms with Gasteiger partial charge in [0.2, 0.25) is 0 Å². The number of ketones is 1. The van der Waals surface area contributed by atoms with Gasteiger partial charge in [0.15, 0.2) is 0 Å². The Labute approximate surface area is 209 Å². The van der Waals surface area contributed by atoms with Crippen molar-refractivity contribution in [2.45, 2.75) is 25.7 Å². The number of amides is 1. The average molecular weight is 517 g/mol. The molecule has 1 unspecified atom stereocenters. The van der Waals surface area contributed by atoms with Gasteiger partial charge in [-0.25, -0.2) is 0 Å². The minimum atomic E-state index is -4.58. The van der Waals surface area contributed by atoms with E-state index in [0.29, 0.717) is 12.4 Å². The largest absolute Gasteiger partial charge is 0.507 e. The van der Waals surface area contributed by atoms with E-state index >= 15 is 0 Å². The quantitative estimate of drug-likeness (QED) is 0.255. The number of aliphatic hydroxyl groups excluding tert-OH is 1. The molecule has 4 rings (SSSR count). The van der Waals surface area contributed by atoms with Gasteiger partial charge >= 0.3 is 6.18 Å². The maximum atomic E-state index is 13.2. The van der Waals surface area contributed by atoms with Gasteiger partial charge in [-0.2, -0.15) is 13.2 Å². The summed E-state index contributed by atoms with van der Waals surface area (Å²) in [6.07, 6.45) is -3.13. The summed E-state index contributed by atoms with van der Waals surface area (Å²) >= 11 is 6.29. The van der Waals surface area contributed by atoms with E-state index in [4.69, 9.17) is 16.3 Å². The molecule has 1 aliphatic rings. The van der Waals surface area contributed by atoms with Crippen LogP contribution < -0.4 is 4.74 Å². The number of likely N-dealkylation sites (tertiary alicyclic amines) is 1. The lowest BCUT2D eigenvalue weighted by Crippen LogP contribution is -2.29. The van der Waals surface area contributed by atoms with Crippen LogP contribution in [0.4, 0.5) is 13.2 Å². The van der Waals surface area contributed by atoms with Crippen molar-refractivity contribution in [2.24, 2.45) is 0 Å². The van der Waals surface area contributed by atoms with E-state index in [-0.39, 0.29) is 34.0 Å². The van der Waals surface area contributed by atoms with Gasteiger partial charge in [0.05, 0.1) is 28.5 Å². The number of hydrogen-bond donors (Lipinski definition) is 1. The summed E-state index contributed by atoms with van der Waals surface area (Å²) in [5.41, 5.74) is -0.682. The Kier molecular flexibility index (Phi) is 7.03. The van der Waals surface area contributed by atoms with E-state index in [0.717, 1.165) is 17.0 Å². The fourth-order valence-electron chi connectivity index (χ4n) is 4.02. The number of benzene rings is 2. The molecule has 0 spiro atoms. The molecular formula is C26H20ClF3N2O4. The third-order valence-electron chi connectivity index (χ3n) is 5.62. The first-order valence-corrected chi connectivity index (χ1v) is 11.3. The molecule has 0 aliphatic carbocycles. The average Bonchev–Trinajstić information content (AvgIpc) is 3.10. The second-order valence-corrected chi connectivity index (χ2v) is 8.36. The van der Waals surface area contributed by atoms with Crippen molar-refractivity contribution in [1.82, 2.24) is 9.88 Å². The number of carbonyl (C=O) groups is 2. The van der Waals surface area contributed by atoms with Crippen LogP contribution in [0.1, 0.15) is 35.3 Å². The van der Waals surface area contributed by atoms with Crippen molar-refractivity contribution in [3.63, 3.8) is 0 Å². The molecule has 1 N–H and O–H groups in total. The zero-order valence-corrected chi connectivity index (χ0v) is 19.7. The summed E-state index contributed by atoms with van der Waals surface area (Å²) < 4.78 is 45.2. The van der Waals surface area contributed by atoms with E-state index in [1.54, 1.807) is 31.2 Å². The van der Waals surface area contributed by atoms with Gasteiger partial charge in [0, 0.05) is 18.3 Å². The van der Waals surface area contributed by atoms with Crippen LogP contribution in [0, 0.1) is 0 Å². The minimum absolute atomic E-state index is 0.0700. The van der Waals surface area contributed by atoms with Crippen LogP contribution in [-0.2, 0) is 22.3 Å². The van der Waals surface area contributed by atoms with E-state index in [1.165, 1.54) is 30.5 Å². The predicted molar refractivity (Wildman–Crippen MR) is 126 cm³/mol. The summed E-state index contributed by atoms with van der Waals surface area (Å²) in [6, 6.07) is 12.7. The molecule has 1 atom stereocenters. The number of aliphatic hydroxyl groups is 1. The zero-order valence-electron chi connectivity index (χ0n) is 18.9. The van der Waals surface area contributed by atoms with Crippen LogP contribution in [0.15, 0.2) is 72.4 Å². The Morgan fingerprint density at radius 3 is 2.56 bits per heavy atom. The summed E-state index contributed by atoms with van der Waals surface area (Å²) in [5, 5.41) is 11.3. The van der Waals surface area contributed by atoms with E-state index in [2.05, 4.69) is 4.98 Å². The Hall–Kier alpha value is -3.85. The van der Waals surface area contributed by atoms with Crippen LogP contribution >= 0.6 is 11.6 Å². The highest BCUT2D eigenvalue weighted by atomic mass is 35.5. The summed E-state index contributed by atoms with van der Waals surface area (Å²) in [5.74, 6) is -2.15. The number of ether oxygens (including phenoxy) is 1. The standard InChI is InChI=1S/C26H20ClF3N2O4/c1-2-36-17-9-10-19(27)18(13-17)23(33)21-22(20-8-3-4-11-31-20)32(25(35)24(21)34)14-15-6-5-7-16(12-15)26(28,29)30/h3-13,22,33H,2,14H2,1H3/b23-21+. The van der Waals surface area contributed by atoms with Crippen molar-refractivity contribution >= 4 is 29.1 Å². The van der Waals surface area contributed by atoms with Crippen LogP contribution in [0.3, 0.4) is 0 Å². The number of hydrogen-bond acceptors (Lipinski definition) is 5. The zero-order chi connectivity index (χ0) is 26.0. The predicted octanol–water partition coefficient (Wildman–Crippen LogP) is 5.77.